The molecule has 2 fully saturated rings. The van der Waals surface area contributed by atoms with E-state index in [2.05, 4.69) is 23.2 Å². The molecule has 1 saturated heterocycles. The first-order chi connectivity index (χ1) is 9.67. The Morgan fingerprint density at radius 3 is 2.65 bits per heavy atom. The fourth-order valence-electron chi connectivity index (χ4n) is 2.82. The highest BCUT2D eigenvalue weighted by atomic mass is 16.5. The zero-order valence-electron chi connectivity index (χ0n) is 12.1. The molecular weight excluding hydrogens is 252 g/mol. The van der Waals surface area contributed by atoms with E-state index in [1.54, 1.807) is 18.2 Å². The fraction of sp³-hybridized carbons (Fsp3) is 0.562. The minimum Gasteiger partial charge on any atom is -0.445 e. The predicted molar refractivity (Wildman–Crippen MR) is 82.3 cm³/mol. The van der Waals surface area contributed by atoms with Crippen molar-refractivity contribution in [2.75, 3.05) is 19.7 Å². The van der Waals surface area contributed by atoms with Crippen LogP contribution in [0.2, 0.25) is 0 Å². The number of nitrogens with one attached hydrogen (secondary N) is 1. The lowest BCUT2D eigenvalue weighted by molar-refractivity contribution is 0.167. The normalized spacial score (nSPS) is 24.9. The van der Waals surface area contributed by atoms with E-state index < -0.39 is 6.09 Å². The number of fused-ring (bicyclic) bond motifs is 1. The SMILES string of the molecule is C1CC2CCNCC2C1.C=C/C=C(\C=C)COC(N)=O. The maximum absolute atomic E-state index is 10.1. The van der Waals surface area contributed by atoms with E-state index in [4.69, 9.17) is 5.73 Å². The number of amides is 1. The quantitative estimate of drug-likeness (QED) is 0.777. The molecule has 20 heavy (non-hydrogen) atoms. The van der Waals surface area contributed by atoms with Crippen LogP contribution in [0, 0.1) is 11.8 Å². The Bertz CT molecular complexity index is 351. The molecule has 4 heteroatoms. The lowest BCUT2D eigenvalue weighted by Crippen LogP contribution is -2.33. The first kappa shape index (κ1) is 16.5. The maximum atomic E-state index is 10.1. The minimum atomic E-state index is -0.790. The van der Waals surface area contributed by atoms with Crippen LogP contribution in [0.1, 0.15) is 25.7 Å². The number of rotatable bonds is 4. The highest BCUT2D eigenvalue weighted by molar-refractivity contribution is 5.64. The molecule has 2 unspecified atom stereocenters. The van der Waals surface area contributed by atoms with Crippen molar-refractivity contribution in [3.05, 3.63) is 37.0 Å². The Hall–Kier alpha value is -1.55. The summed E-state index contributed by atoms with van der Waals surface area (Å²) in [5, 5.41) is 3.46. The molecule has 4 nitrogen and oxygen atoms in total. The third-order valence-corrected chi connectivity index (χ3v) is 3.89. The largest absolute Gasteiger partial charge is 0.445 e. The van der Waals surface area contributed by atoms with Gasteiger partial charge in [0.1, 0.15) is 6.61 Å². The van der Waals surface area contributed by atoms with Crippen LogP contribution in [0.25, 0.3) is 0 Å². The second-order valence-corrected chi connectivity index (χ2v) is 5.23. The second kappa shape index (κ2) is 9.37. The molecule has 3 N–H and O–H groups in total. The Labute approximate surface area is 121 Å². The molecule has 1 heterocycles. The lowest BCUT2D eigenvalue weighted by atomic mass is 9.90. The van der Waals surface area contributed by atoms with Crippen molar-refractivity contribution in [1.29, 1.82) is 0 Å². The van der Waals surface area contributed by atoms with Crippen LogP contribution in [0.15, 0.2) is 37.0 Å². The van der Waals surface area contributed by atoms with Gasteiger partial charge in [0.2, 0.25) is 0 Å². The highest BCUT2D eigenvalue weighted by Gasteiger charge is 2.28. The van der Waals surface area contributed by atoms with Crippen LogP contribution in [0.3, 0.4) is 0 Å². The molecule has 1 aliphatic heterocycles. The Kier molecular flexibility index (Phi) is 7.73. The van der Waals surface area contributed by atoms with Gasteiger partial charge in [0.05, 0.1) is 0 Å². The van der Waals surface area contributed by atoms with Gasteiger partial charge in [-0.25, -0.2) is 4.79 Å². The number of allylic oxidation sites excluding steroid dienone is 2. The van der Waals surface area contributed by atoms with Gasteiger partial charge in [0.15, 0.2) is 0 Å². The van der Waals surface area contributed by atoms with Crippen LogP contribution >= 0.6 is 0 Å². The van der Waals surface area contributed by atoms with E-state index in [1.165, 1.54) is 38.8 Å². The molecule has 0 radical (unpaired) electrons. The van der Waals surface area contributed by atoms with Gasteiger partial charge >= 0.3 is 6.09 Å². The van der Waals surface area contributed by atoms with E-state index in [0.29, 0.717) is 0 Å². The maximum Gasteiger partial charge on any atom is 0.404 e. The van der Waals surface area contributed by atoms with Gasteiger partial charge in [-0.1, -0.05) is 44.2 Å². The van der Waals surface area contributed by atoms with Crippen LogP contribution in [-0.2, 0) is 4.74 Å². The number of carbonyl (C=O) groups excluding carboxylic acids is 1. The average Bonchev–Trinajstić information content (AvgIpc) is 2.92. The zero-order chi connectivity index (χ0) is 14.8. The molecular formula is C16H26N2O2. The summed E-state index contributed by atoms with van der Waals surface area (Å²) in [4.78, 5) is 10.1. The monoisotopic (exact) mass is 278 g/mol. The molecule has 1 amide bonds. The zero-order valence-corrected chi connectivity index (χ0v) is 12.1. The number of carbonyl (C=O) groups is 1. The number of hydrogen-bond donors (Lipinski definition) is 2. The molecule has 0 aromatic carbocycles. The standard InChI is InChI=1S/C8H11NO2.C8H15N/c1-3-5-7(4-2)6-11-8(9)10;1-2-7-4-5-9-6-8(7)3-1/h3-5H,1-2,6H2,(H2,9,10);7-9H,1-6H2/b7-5+;. The summed E-state index contributed by atoms with van der Waals surface area (Å²) >= 11 is 0. The highest BCUT2D eigenvalue weighted by Crippen LogP contribution is 2.34. The summed E-state index contributed by atoms with van der Waals surface area (Å²) in [5.41, 5.74) is 5.51. The molecule has 1 saturated carbocycles. The first-order valence-electron chi connectivity index (χ1n) is 7.24. The third kappa shape index (κ3) is 6.06. The molecule has 0 spiro atoms. The summed E-state index contributed by atoms with van der Waals surface area (Å²) in [6, 6.07) is 0. The van der Waals surface area contributed by atoms with Crippen molar-refractivity contribution in [1.82, 2.24) is 5.32 Å². The van der Waals surface area contributed by atoms with E-state index in [9.17, 15) is 4.79 Å². The van der Waals surface area contributed by atoms with Gasteiger partial charge in [-0.3, -0.25) is 0 Å². The minimum absolute atomic E-state index is 0.144. The Balaban J connectivity index is 0.000000202. The van der Waals surface area contributed by atoms with Crippen molar-refractivity contribution in [3.8, 4) is 0 Å². The van der Waals surface area contributed by atoms with Crippen LogP contribution in [0.5, 0.6) is 0 Å². The van der Waals surface area contributed by atoms with E-state index in [-0.39, 0.29) is 6.61 Å². The number of hydrogen-bond acceptors (Lipinski definition) is 3. The average molecular weight is 278 g/mol. The lowest BCUT2D eigenvalue weighted by Gasteiger charge is -2.25. The number of piperidine rings is 1. The molecule has 0 aromatic heterocycles. The summed E-state index contributed by atoms with van der Waals surface area (Å²) in [6.07, 6.45) is 10.0. The molecule has 2 aliphatic rings. The molecule has 2 atom stereocenters. The summed E-state index contributed by atoms with van der Waals surface area (Å²) in [6.45, 7) is 9.72. The summed E-state index contributed by atoms with van der Waals surface area (Å²) in [7, 11) is 0. The number of primary amides is 1. The van der Waals surface area contributed by atoms with Crippen molar-refractivity contribution >= 4 is 6.09 Å². The van der Waals surface area contributed by atoms with E-state index in [0.717, 1.165) is 17.4 Å². The molecule has 0 aromatic rings. The Morgan fingerprint density at radius 2 is 2.05 bits per heavy atom. The molecule has 1 aliphatic carbocycles. The van der Waals surface area contributed by atoms with Crippen molar-refractivity contribution < 1.29 is 9.53 Å². The number of ether oxygens (including phenoxy) is 1. The third-order valence-electron chi connectivity index (χ3n) is 3.89. The van der Waals surface area contributed by atoms with Gasteiger partial charge < -0.3 is 15.8 Å². The smallest absolute Gasteiger partial charge is 0.404 e. The molecule has 0 bridgehead atoms. The van der Waals surface area contributed by atoms with Gasteiger partial charge in [0.25, 0.3) is 0 Å². The van der Waals surface area contributed by atoms with Crippen molar-refractivity contribution in [3.63, 3.8) is 0 Å². The van der Waals surface area contributed by atoms with Crippen LogP contribution < -0.4 is 11.1 Å². The topological polar surface area (TPSA) is 64.3 Å². The van der Waals surface area contributed by atoms with Gasteiger partial charge in [0, 0.05) is 0 Å². The van der Waals surface area contributed by atoms with E-state index >= 15 is 0 Å². The second-order valence-electron chi connectivity index (χ2n) is 5.23. The van der Waals surface area contributed by atoms with Gasteiger partial charge in [-0.2, -0.15) is 0 Å². The summed E-state index contributed by atoms with van der Waals surface area (Å²) < 4.78 is 4.50. The van der Waals surface area contributed by atoms with Crippen molar-refractivity contribution in [2.24, 2.45) is 17.6 Å². The van der Waals surface area contributed by atoms with Crippen molar-refractivity contribution in [2.45, 2.75) is 25.7 Å². The molecule has 2 rings (SSSR count). The fourth-order valence-corrected chi connectivity index (χ4v) is 2.82. The van der Waals surface area contributed by atoms with E-state index in [1.807, 2.05) is 0 Å². The van der Waals surface area contributed by atoms with Crippen LogP contribution in [0.4, 0.5) is 4.79 Å². The Morgan fingerprint density at radius 1 is 1.30 bits per heavy atom. The van der Waals surface area contributed by atoms with Gasteiger partial charge in [-0.15, -0.1) is 0 Å². The first-order valence-corrected chi connectivity index (χ1v) is 7.24. The van der Waals surface area contributed by atoms with Crippen LogP contribution in [-0.4, -0.2) is 25.8 Å². The number of nitrogens with two attached hydrogens (primary N) is 1. The molecule has 112 valence electrons. The van der Waals surface area contributed by atoms with Gasteiger partial charge in [-0.05, 0) is 43.3 Å². The predicted octanol–water partition coefficient (Wildman–Crippen LogP) is 2.78. The summed E-state index contributed by atoms with van der Waals surface area (Å²) in [5.74, 6) is 2.16.